The van der Waals surface area contributed by atoms with Crippen LogP contribution in [0, 0.1) is 0 Å². The molecule has 3 heteroatoms. The number of allylic oxidation sites excluding steroid dienone is 2. The predicted octanol–water partition coefficient (Wildman–Crippen LogP) is 0.846. The number of nitrogens with zero attached hydrogens (tertiary/aromatic N) is 2. The van der Waals surface area contributed by atoms with E-state index in [1.165, 1.54) is 6.21 Å². The van der Waals surface area contributed by atoms with Gasteiger partial charge in [0.1, 0.15) is 5.84 Å². The molecule has 0 atom stereocenters. The zero-order valence-electron chi connectivity index (χ0n) is 5.57. The maximum atomic E-state index is 5.39. The topological polar surface area (TPSA) is 50.7 Å². The molecule has 3 nitrogen and oxygen atoms in total. The third-order valence-corrected chi connectivity index (χ3v) is 0.999. The number of hydrogen-bond acceptors (Lipinski definition) is 3. The largest absolute Gasteiger partial charge is 0.382 e. The maximum absolute atomic E-state index is 5.39. The van der Waals surface area contributed by atoms with Crippen molar-refractivity contribution in [3.8, 4) is 0 Å². The molecule has 0 saturated carbocycles. The molecule has 0 radical (unpaired) electrons. The van der Waals surface area contributed by atoms with Gasteiger partial charge in [0.25, 0.3) is 0 Å². The lowest BCUT2D eigenvalue weighted by Crippen LogP contribution is -2.11. The first-order valence-corrected chi connectivity index (χ1v) is 3.06. The summed E-state index contributed by atoms with van der Waals surface area (Å²) in [6.07, 6.45) is 9.61. The lowest BCUT2D eigenvalue weighted by atomic mass is 10.4. The Morgan fingerprint density at radius 1 is 1.30 bits per heavy atom. The molecule has 0 aromatic carbocycles. The summed E-state index contributed by atoms with van der Waals surface area (Å²) in [6, 6.07) is 0. The molecular formula is C7H9N3. The number of aliphatic imine (C=N–C) groups is 2. The number of nitrogens with two attached hydrogens (primary N) is 1. The van der Waals surface area contributed by atoms with Crippen molar-refractivity contribution in [3.05, 3.63) is 24.6 Å². The molecule has 0 aromatic heterocycles. The van der Waals surface area contributed by atoms with Crippen molar-refractivity contribution in [3.63, 3.8) is 0 Å². The van der Waals surface area contributed by atoms with Crippen LogP contribution in [0.5, 0.6) is 0 Å². The zero-order valence-corrected chi connectivity index (χ0v) is 5.57. The van der Waals surface area contributed by atoms with Crippen LogP contribution >= 0.6 is 0 Å². The summed E-state index contributed by atoms with van der Waals surface area (Å²) in [5.74, 6) is 0.433. The third kappa shape index (κ3) is 2.26. The minimum Gasteiger partial charge on any atom is -0.382 e. The van der Waals surface area contributed by atoms with Crippen LogP contribution in [0.3, 0.4) is 0 Å². The lowest BCUT2D eigenvalue weighted by molar-refractivity contribution is 1.34. The Kier molecular flexibility index (Phi) is 2.43. The number of hydrogen-bond donors (Lipinski definition) is 1. The van der Waals surface area contributed by atoms with Gasteiger partial charge in [0.2, 0.25) is 0 Å². The molecule has 1 rings (SSSR count). The van der Waals surface area contributed by atoms with Crippen LogP contribution in [-0.4, -0.2) is 12.1 Å². The van der Waals surface area contributed by atoms with Gasteiger partial charge >= 0.3 is 0 Å². The molecule has 0 spiro atoms. The van der Waals surface area contributed by atoms with Gasteiger partial charge in [0.15, 0.2) is 0 Å². The fourth-order valence-corrected chi connectivity index (χ4v) is 0.553. The normalized spacial score (nSPS) is 23.8. The Balaban J connectivity index is 2.74. The SMILES string of the molecule is NC1=N/C=C\C/C=C\N=C1. The molecule has 1 aliphatic rings. The van der Waals surface area contributed by atoms with E-state index in [1.54, 1.807) is 12.4 Å². The maximum Gasteiger partial charge on any atom is 0.141 e. The third-order valence-electron chi connectivity index (χ3n) is 0.999. The summed E-state index contributed by atoms with van der Waals surface area (Å²) < 4.78 is 0. The smallest absolute Gasteiger partial charge is 0.141 e. The average Bonchev–Trinajstić information content (AvgIpc) is 2.02. The van der Waals surface area contributed by atoms with Crippen LogP contribution in [0.4, 0.5) is 0 Å². The fraction of sp³-hybridized carbons (Fsp3) is 0.143. The van der Waals surface area contributed by atoms with Crippen LogP contribution in [-0.2, 0) is 0 Å². The first kappa shape index (κ1) is 6.74. The van der Waals surface area contributed by atoms with E-state index < -0.39 is 0 Å². The van der Waals surface area contributed by atoms with Gasteiger partial charge in [-0.2, -0.15) is 0 Å². The van der Waals surface area contributed by atoms with E-state index >= 15 is 0 Å². The second-order valence-electron chi connectivity index (χ2n) is 1.84. The highest BCUT2D eigenvalue weighted by molar-refractivity contribution is 6.28. The van der Waals surface area contributed by atoms with Crippen molar-refractivity contribution in [1.29, 1.82) is 0 Å². The molecule has 2 N–H and O–H groups in total. The van der Waals surface area contributed by atoms with Gasteiger partial charge < -0.3 is 5.73 Å². The van der Waals surface area contributed by atoms with Crippen LogP contribution < -0.4 is 5.73 Å². The second kappa shape index (κ2) is 3.61. The number of amidine groups is 1. The van der Waals surface area contributed by atoms with Crippen LogP contribution in [0.25, 0.3) is 0 Å². The van der Waals surface area contributed by atoms with Crippen LogP contribution in [0.1, 0.15) is 6.42 Å². The van der Waals surface area contributed by atoms with E-state index in [-0.39, 0.29) is 0 Å². The molecule has 0 saturated heterocycles. The molecule has 0 bridgehead atoms. The Morgan fingerprint density at radius 2 is 2.10 bits per heavy atom. The van der Waals surface area contributed by atoms with E-state index in [0.717, 1.165) is 6.42 Å². The summed E-state index contributed by atoms with van der Waals surface area (Å²) in [4.78, 5) is 7.74. The highest BCUT2D eigenvalue weighted by Gasteiger charge is 1.81. The van der Waals surface area contributed by atoms with Crippen molar-refractivity contribution >= 4 is 12.1 Å². The van der Waals surface area contributed by atoms with Crippen molar-refractivity contribution in [1.82, 2.24) is 0 Å². The molecule has 0 unspecified atom stereocenters. The summed E-state index contributed by atoms with van der Waals surface area (Å²) in [5.41, 5.74) is 5.39. The fourth-order valence-electron chi connectivity index (χ4n) is 0.553. The van der Waals surface area contributed by atoms with Crippen molar-refractivity contribution < 1.29 is 0 Å². The van der Waals surface area contributed by atoms with Gasteiger partial charge in [0.05, 0.1) is 6.21 Å². The minimum absolute atomic E-state index is 0.433. The summed E-state index contributed by atoms with van der Waals surface area (Å²) >= 11 is 0. The van der Waals surface area contributed by atoms with Gasteiger partial charge in [-0.05, 0) is 6.42 Å². The van der Waals surface area contributed by atoms with Gasteiger partial charge in [0, 0.05) is 12.4 Å². The van der Waals surface area contributed by atoms with Gasteiger partial charge in [-0.3, -0.25) is 4.99 Å². The van der Waals surface area contributed by atoms with E-state index in [1.807, 2.05) is 12.2 Å². The van der Waals surface area contributed by atoms with E-state index in [0.29, 0.717) is 5.84 Å². The molecule has 1 aliphatic heterocycles. The highest BCUT2D eigenvalue weighted by atomic mass is 14.9. The zero-order chi connectivity index (χ0) is 7.23. The molecular weight excluding hydrogens is 126 g/mol. The first-order chi connectivity index (χ1) is 4.89. The van der Waals surface area contributed by atoms with E-state index in [2.05, 4.69) is 9.98 Å². The van der Waals surface area contributed by atoms with Gasteiger partial charge in [-0.15, -0.1) is 0 Å². The van der Waals surface area contributed by atoms with Crippen molar-refractivity contribution in [2.24, 2.45) is 15.7 Å². The molecule has 1 heterocycles. The Morgan fingerprint density at radius 3 is 3.00 bits per heavy atom. The monoisotopic (exact) mass is 135 g/mol. The minimum atomic E-state index is 0.433. The summed E-state index contributed by atoms with van der Waals surface area (Å²) in [7, 11) is 0. The molecule has 0 fully saturated rings. The molecule has 0 aliphatic carbocycles. The van der Waals surface area contributed by atoms with E-state index in [4.69, 9.17) is 5.73 Å². The van der Waals surface area contributed by atoms with Gasteiger partial charge in [-0.25, -0.2) is 4.99 Å². The Hall–Kier alpha value is -1.38. The van der Waals surface area contributed by atoms with E-state index in [9.17, 15) is 0 Å². The highest BCUT2D eigenvalue weighted by Crippen LogP contribution is 1.88. The molecule has 52 valence electrons. The Labute approximate surface area is 59.7 Å². The van der Waals surface area contributed by atoms with Crippen molar-refractivity contribution in [2.75, 3.05) is 0 Å². The number of rotatable bonds is 0. The van der Waals surface area contributed by atoms with Crippen LogP contribution in [0.15, 0.2) is 34.5 Å². The predicted molar refractivity (Wildman–Crippen MR) is 43.0 cm³/mol. The molecule has 0 amide bonds. The quantitative estimate of drug-likeness (QED) is 0.526. The van der Waals surface area contributed by atoms with Crippen molar-refractivity contribution in [2.45, 2.75) is 6.42 Å². The summed E-state index contributed by atoms with van der Waals surface area (Å²) in [5, 5.41) is 0. The molecule has 10 heavy (non-hydrogen) atoms. The van der Waals surface area contributed by atoms with Gasteiger partial charge in [-0.1, -0.05) is 12.2 Å². The van der Waals surface area contributed by atoms with Crippen LogP contribution in [0.2, 0.25) is 0 Å². The molecule has 0 aromatic rings. The lowest BCUT2D eigenvalue weighted by Gasteiger charge is -1.82. The average molecular weight is 135 g/mol. The standard InChI is InChI=1S/C7H9N3/c8-7-6-9-4-2-1-3-5-10-7/h2-6H,1H2,(H2,8,10)/b4-2-,5-3-,9-6?. The Bertz CT molecular complexity index is 211. The summed E-state index contributed by atoms with van der Waals surface area (Å²) in [6.45, 7) is 0. The second-order valence-corrected chi connectivity index (χ2v) is 1.84. The first-order valence-electron chi connectivity index (χ1n) is 3.06.